The fraction of sp³-hybridized carbons (Fsp3) is 0.343. The summed E-state index contributed by atoms with van der Waals surface area (Å²) in [5.74, 6) is 1.72. The van der Waals surface area contributed by atoms with Crippen molar-refractivity contribution in [1.82, 2.24) is 0 Å². The molecule has 0 amide bonds. The number of ether oxygens (including phenoxy) is 3. The number of carbonyl (C=O) groups excluding carboxylic acids is 3. The van der Waals surface area contributed by atoms with Crippen LogP contribution in [0.3, 0.4) is 0 Å². The van der Waals surface area contributed by atoms with E-state index >= 15 is 0 Å². The predicted octanol–water partition coefficient (Wildman–Crippen LogP) is 8.38. The molecule has 224 valence electrons. The zero-order valence-corrected chi connectivity index (χ0v) is 26.1. The van der Waals surface area contributed by atoms with Crippen LogP contribution in [0, 0.1) is 17.8 Å². The standard InChI is InChI=1S/C35H36O6S2/c1-3-17-42-29-12-7-24(8-13-29)33(36)40-28-11-16-32(41-34(37)25-9-14-30(15-10-25)43-18-4-2)27(21-28)22-39-35(38)31-20-23-5-6-26(31)19-23/h5-16,21,23,26,31H,3-4,17-20,22H2,1-2H3. The van der Waals surface area contributed by atoms with Gasteiger partial charge in [0.2, 0.25) is 0 Å². The number of hydrogen-bond donors (Lipinski definition) is 0. The van der Waals surface area contributed by atoms with E-state index in [1.54, 1.807) is 66.0 Å². The van der Waals surface area contributed by atoms with Crippen molar-refractivity contribution in [3.8, 4) is 11.5 Å². The van der Waals surface area contributed by atoms with Gasteiger partial charge >= 0.3 is 17.9 Å². The Labute approximate surface area is 261 Å². The summed E-state index contributed by atoms with van der Waals surface area (Å²) in [7, 11) is 0. The van der Waals surface area contributed by atoms with Gasteiger partial charge in [-0.3, -0.25) is 4.79 Å². The summed E-state index contributed by atoms with van der Waals surface area (Å²) in [6, 6.07) is 19.3. The van der Waals surface area contributed by atoms with Crippen LogP contribution in [0.25, 0.3) is 0 Å². The van der Waals surface area contributed by atoms with Crippen molar-refractivity contribution < 1.29 is 28.6 Å². The van der Waals surface area contributed by atoms with E-state index in [4.69, 9.17) is 14.2 Å². The topological polar surface area (TPSA) is 78.9 Å². The van der Waals surface area contributed by atoms with E-state index in [1.165, 1.54) is 0 Å². The Kier molecular flexibility index (Phi) is 10.7. The third-order valence-corrected chi connectivity index (χ3v) is 9.96. The van der Waals surface area contributed by atoms with Crippen LogP contribution in [-0.2, 0) is 16.1 Å². The number of allylic oxidation sites excluding steroid dienone is 2. The van der Waals surface area contributed by atoms with Crippen molar-refractivity contribution in [2.24, 2.45) is 17.8 Å². The first-order valence-electron chi connectivity index (χ1n) is 14.8. The molecule has 8 heteroatoms. The van der Waals surface area contributed by atoms with Crippen LogP contribution >= 0.6 is 23.5 Å². The number of fused-ring (bicyclic) bond motifs is 2. The van der Waals surface area contributed by atoms with E-state index in [-0.39, 0.29) is 35.9 Å². The molecule has 5 rings (SSSR count). The summed E-state index contributed by atoms with van der Waals surface area (Å²) < 4.78 is 17.1. The summed E-state index contributed by atoms with van der Waals surface area (Å²) in [4.78, 5) is 41.1. The fourth-order valence-electron chi connectivity index (χ4n) is 5.28. The van der Waals surface area contributed by atoms with E-state index < -0.39 is 11.9 Å². The van der Waals surface area contributed by atoms with Gasteiger partial charge in [0, 0.05) is 15.4 Å². The van der Waals surface area contributed by atoms with Gasteiger partial charge in [-0.15, -0.1) is 23.5 Å². The lowest BCUT2D eigenvalue weighted by Crippen LogP contribution is -2.21. The third kappa shape index (κ3) is 8.12. The summed E-state index contributed by atoms with van der Waals surface area (Å²) >= 11 is 3.47. The summed E-state index contributed by atoms with van der Waals surface area (Å²) in [6.07, 6.45) is 8.20. The lowest BCUT2D eigenvalue weighted by Gasteiger charge is -2.18. The molecule has 0 aliphatic heterocycles. The van der Waals surface area contributed by atoms with Crippen LogP contribution in [-0.4, -0.2) is 29.4 Å². The monoisotopic (exact) mass is 616 g/mol. The van der Waals surface area contributed by atoms with Crippen molar-refractivity contribution in [3.63, 3.8) is 0 Å². The van der Waals surface area contributed by atoms with Crippen LogP contribution in [0.1, 0.15) is 65.8 Å². The van der Waals surface area contributed by atoms with Crippen LogP contribution in [0.2, 0.25) is 0 Å². The lowest BCUT2D eigenvalue weighted by atomic mass is 9.94. The average Bonchev–Trinajstić information content (AvgIpc) is 3.67. The zero-order chi connectivity index (χ0) is 30.2. The highest BCUT2D eigenvalue weighted by atomic mass is 32.2. The number of benzene rings is 3. The maximum absolute atomic E-state index is 13.0. The Morgan fingerprint density at radius 3 is 1.88 bits per heavy atom. The Balaban J connectivity index is 1.30. The average molecular weight is 617 g/mol. The highest BCUT2D eigenvalue weighted by Crippen LogP contribution is 2.44. The molecule has 1 saturated carbocycles. The van der Waals surface area contributed by atoms with E-state index in [0.717, 1.165) is 47.0 Å². The van der Waals surface area contributed by atoms with Crippen molar-refractivity contribution >= 4 is 41.4 Å². The summed E-state index contributed by atoms with van der Waals surface area (Å²) in [5, 5.41) is 0. The van der Waals surface area contributed by atoms with Crippen molar-refractivity contribution in [2.75, 3.05) is 11.5 Å². The van der Waals surface area contributed by atoms with Crippen LogP contribution in [0.4, 0.5) is 0 Å². The molecular weight excluding hydrogens is 581 g/mol. The minimum absolute atomic E-state index is 0.111. The van der Waals surface area contributed by atoms with E-state index in [1.807, 2.05) is 24.3 Å². The Bertz CT molecular complexity index is 1460. The second kappa shape index (κ2) is 14.8. The van der Waals surface area contributed by atoms with E-state index in [9.17, 15) is 14.4 Å². The largest absolute Gasteiger partial charge is 0.460 e. The highest BCUT2D eigenvalue weighted by Gasteiger charge is 2.40. The summed E-state index contributed by atoms with van der Waals surface area (Å²) in [5.41, 5.74) is 1.27. The lowest BCUT2D eigenvalue weighted by molar-refractivity contribution is -0.150. The maximum atomic E-state index is 13.0. The molecule has 0 heterocycles. The SMILES string of the molecule is CCCSc1ccc(C(=O)Oc2ccc(OC(=O)c3ccc(SCCC)cc3)c(COC(=O)C3CC4C=CC3C4)c2)cc1. The molecule has 2 aliphatic rings. The van der Waals surface area contributed by atoms with Crippen molar-refractivity contribution in [3.05, 3.63) is 95.6 Å². The van der Waals surface area contributed by atoms with Gasteiger partial charge in [-0.1, -0.05) is 26.0 Å². The smallest absolute Gasteiger partial charge is 0.343 e. The highest BCUT2D eigenvalue weighted by molar-refractivity contribution is 7.99. The van der Waals surface area contributed by atoms with Gasteiger partial charge in [0.15, 0.2) is 0 Å². The van der Waals surface area contributed by atoms with E-state index in [2.05, 4.69) is 26.0 Å². The molecule has 0 N–H and O–H groups in total. The fourth-order valence-corrected chi connectivity index (χ4v) is 6.82. The Morgan fingerprint density at radius 2 is 1.35 bits per heavy atom. The van der Waals surface area contributed by atoms with E-state index in [0.29, 0.717) is 22.6 Å². The Hall–Kier alpha value is -3.49. The molecule has 0 spiro atoms. The minimum Gasteiger partial charge on any atom is -0.460 e. The molecule has 1 fully saturated rings. The molecule has 6 nitrogen and oxygen atoms in total. The summed E-state index contributed by atoms with van der Waals surface area (Å²) in [6.45, 7) is 4.14. The number of esters is 3. The first kappa shape index (κ1) is 31.0. The quantitative estimate of drug-likeness (QED) is 0.0820. The molecule has 2 bridgehead atoms. The van der Waals surface area contributed by atoms with Gasteiger partial charge in [0.25, 0.3) is 0 Å². The van der Waals surface area contributed by atoms with Gasteiger partial charge in [-0.2, -0.15) is 0 Å². The van der Waals surface area contributed by atoms with Gasteiger partial charge in [0.05, 0.1) is 17.0 Å². The third-order valence-electron chi connectivity index (χ3n) is 7.52. The van der Waals surface area contributed by atoms with Gasteiger partial charge in [0.1, 0.15) is 18.1 Å². The molecular formula is C35H36O6S2. The van der Waals surface area contributed by atoms with Crippen LogP contribution in [0.15, 0.2) is 88.7 Å². The second-order valence-corrected chi connectivity index (χ2v) is 13.1. The molecule has 3 atom stereocenters. The molecule has 3 aromatic rings. The van der Waals surface area contributed by atoms with Crippen molar-refractivity contribution in [1.29, 1.82) is 0 Å². The second-order valence-electron chi connectivity index (χ2n) is 10.8. The minimum atomic E-state index is -0.524. The molecule has 0 aromatic heterocycles. The first-order chi connectivity index (χ1) is 20.9. The predicted molar refractivity (Wildman–Crippen MR) is 170 cm³/mol. The molecule has 0 saturated heterocycles. The van der Waals surface area contributed by atoms with Crippen LogP contribution < -0.4 is 9.47 Å². The number of thioether (sulfide) groups is 2. The molecule has 2 aliphatic carbocycles. The van der Waals surface area contributed by atoms with Gasteiger partial charge < -0.3 is 14.2 Å². The van der Waals surface area contributed by atoms with Crippen molar-refractivity contribution in [2.45, 2.75) is 55.9 Å². The zero-order valence-electron chi connectivity index (χ0n) is 24.5. The number of rotatable bonds is 13. The first-order valence-corrected chi connectivity index (χ1v) is 16.8. The number of carbonyl (C=O) groups is 3. The molecule has 3 unspecified atom stereocenters. The maximum Gasteiger partial charge on any atom is 0.343 e. The Morgan fingerprint density at radius 1 is 0.744 bits per heavy atom. The normalized spacial score (nSPS) is 18.4. The number of hydrogen-bond acceptors (Lipinski definition) is 8. The molecule has 0 radical (unpaired) electrons. The van der Waals surface area contributed by atoms with Gasteiger partial charge in [-0.25, -0.2) is 9.59 Å². The van der Waals surface area contributed by atoms with Crippen LogP contribution in [0.5, 0.6) is 11.5 Å². The molecule has 3 aromatic carbocycles. The van der Waals surface area contributed by atoms with Gasteiger partial charge in [-0.05, 0) is 116 Å². The molecule has 43 heavy (non-hydrogen) atoms.